The Morgan fingerprint density at radius 3 is 2.62 bits per heavy atom. The average molecular weight is 475 g/mol. The van der Waals surface area contributed by atoms with Crippen LogP contribution in [0.15, 0.2) is 52.7 Å². The van der Waals surface area contributed by atoms with Gasteiger partial charge in [-0.3, -0.25) is 4.79 Å². The predicted molar refractivity (Wildman–Crippen MR) is 125 cm³/mol. The Morgan fingerprint density at radius 1 is 1.09 bits per heavy atom. The van der Waals surface area contributed by atoms with Crippen LogP contribution in [0.2, 0.25) is 0 Å². The summed E-state index contributed by atoms with van der Waals surface area (Å²) in [5.74, 6) is 0.292. The largest absolute Gasteiger partial charge is 0.490 e. The van der Waals surface area contributed by atoms with Gasteiger partial charge in [-0.15, -0.1) is 11.3 Å². The van der Waals surface area contributed by atoms with E-state index in [2.05, 4.69) is 10.0 Å². The standard InChI is InChI=1S/C23H26N2O5S2/c1-15(2)22(23(26)24-13-16-14-31-21-7-4-3-6-18(16)21)25-32(27,28)17-8-9-19-20(12-17)30-11-5-10-29-19/h3-4,6-9,12,14-15,22,25H,5,10-11,13H2,1-2H3,(H,24,26). The van der Waals surface area contributed by atoms with E-state index in [1.165, 1.54) is 12.1 Å². The Kier molecular flexibility index (Phi) is 6.68. The van der Waals surface area contributed by atoms with Gasteiger partial charge in [-0.1, -0.05) is 32.0 Å². The smallest absolute Gasteiger partial charge is 0.241 e. The molecule has 170 valence electrons. The maximum absolute atomic E-state index is 13.0. The number of amides is 1. The van der Waals surface area contributed by atoms with Gasteiger partial charge in [-0.2, -0.15) is 4.72 Å². The summed E-state index contributed by atoms with van der Waals surface area (Å²) in [7, 11) is -3.95. The van der Waals surface area contributed by atoms with Crippen molar-refractivity contribution in [2.45, 2.75) is 37.8 Å². The lowest BCUT2D eigenvalue weighted by Crippen LogP contribution is -2.49. The average Bonchev–Trinajstić information content (AvgIpc) is 3.03. The highest BCUT2D eigenvalue weighted by Gasteiger charge is 2.29. The van der Waals surface area contributed by atoms with Gasteiger partial charge in [-0.05, 0) is 40.4 Å². The fourth-order valence-electron chi connectivity index (χ4n) is 3.50. The van der Waals surface area contributed by atoms with E-state index in [9.17, 15) is 13.2 Å². The Bertz CT molecular complexity index is 1220. The second kappa shape index (κ2) is 9.48. The van der Waals surface area contributed by atoms with E-state index in [1.807, 2.05) is 29.6 Å². The van der Waals surface area contributed by atoms with Gasteiger partial charge in [0.25, 0.3) is 0 Å². The lowest BCUT2D eigenvalue weighted by atomic mass is 10.0. The third-order valence-corrected chi connectivity index (χ3v) is 7.73. The van der Waals surface area contributed by atoms with Gasteiger partial charge in [-0.25, -0.2) is 8.42 Å². The zero-order chi connectivity index (χ0) is 22.7. The molecule has 32 heavy (non-hydrogen) atoms. The number of carbonyl (C=O) groups is 1. The van der Waals surface area contributed by atoms with Crippen LogP contribution >= 0.6 is 11.3 Å². The number of fused-ring (bicyclic) bond motifs is 2. The molecule has 2 N–H and O–H groups in total. The van der Waals surface area contributed by atoms with Gasteiger partial charge in [0.2, 0.25) is 15.9 Å². The van der Waals surface area contributed by atoms with Crippen LogP contribution in [0.5, 0.6) is 11.5 Å². The number of hydrogen-bond acceptors (Lipinski definition) is 6. The summed E-state index contributed by atoms with van der Waals surface area (Å²) in [6.45, 7) is 4.92. The molecule has 0 fully saturated rings. The SMILES string of the molecule is CC(C)C(NS(=O)(=O)c1ccc2c(c1)OCCCO2)C(=O)NCc1csc2ccccc12. The fraction of sp³-hybridized carbons (Fsp3) is 0.348. The molecule has 0 aliphatic carbocycles. The number of sulfonamides is 1. The van der Waals surface area contributed by atoms with Crippen molar-refractivity contribution in [3.63, 3.8) is 0 Å². The highest BCUT2D eigenvalue weighted by molar-refractivity contribution is 7.89. The summed E-state index contributed by atoms with van der Waals surface area (Å²) in [6, 6.07) is 11.6. The topological polar surface area (TPSA) is 93.7 Å². The van der Waals surface area contributed by atoms with Gasteiger partial charge in [0, 0.05) is 23.7 Å². The quantitative estimate of drug-likeness (QED) is 0.545. The minimum atomic E-state index is -3.95. The second-order valence-corrected chi connectivity index (χ2v) is 10.6. The lowest BCUT2D eigenvalue weighted by molar-refractivity contribution is -0.123. The third-order valence-electron chi connectivity index (χ3n) is 5.27. The molecule has 1 amide bonds. The first kappa shape index (κ1) is 22.6. The molecule has 2 aromatic carbocycles. The first-order valence-electron chi connectivity index (χ1n) is 10.5. The fourth-order valence-corrected chi connectivity index (χ4v) is 5.82. The predicted octanol–water partition coefficient (Wildman–Crippen LogP) is 3.68. The molecule has 0 spiro atoms. The molecular weight excluding hydrogens is 448 g/mol. The van der Waals surface area contributed by atoms with Gasteiger partial charge >= 0.3 is 0 Å². The minimum Gasteiger partial charge on any atom is -0.490 e. The molecule has 0 bridgehead atoms. The zero-order valence-electron chi connectivity index (χ0n) is 18.0. The van der Waals surface area contributed by atoms with E-state index in [-0.39, 0.29) is 16.7 Å². The van der Waals surface area contributed by atoms with E-state index in [1.54, 1.807) is 31.3 Å². The second-order valence-electron chi connectivity index (χ2n) is 7.98. The molecule has 1 aromatic heterocycles. The molecule has 1 aliphatic heterocycles. The number of thiophene rings is 1. The zero-order valence-corrected chi connectivity index (χ0v) is 19.6. The van der Waals surface area contributed by atoms with Crippen molar-refractivity contribution in [3.8, 4) is 11.5 Å². The van der Waals surface area contributed by atoms with Crippen LogP contribution < -0.4 is 19.5 Å². The molecule has 4 rings (SSSR count). The maximum Gasteiger partial charge on any atom is 0.241 e. The first-order valence-corrected chi connectivity index (χ1v) is 12.9. The third kappa shape index (κ3) is 4.90. The van der Waals surface area contributed by atoms with Crippen LogP contribution in [0.3, 0.4) is 0 Å². The lowest BCUT2D eigenvalue weighted by Gasteiger charge is -2.22. The first-order chi connectivity index (χ1) is 15.3. The van der Waals surface area contributed by atoms with Crippen molar-refractivity contribution in [2.24, 2.45) is 5.92 Å². The van der Waals surface area contributed by atoms with Gasteiger partial charge in [0.1, 0.15) is 6.04 Å². The van der Waals surface area contributed by atoms with Gasteiger partial charge in [0.15, 0.2) is 11.5 Å². The molecule has 1 aliphatic rings. The van der Waals surface area contributed by atoms with Crippen molar-refractivity contribution in [1.82, 2.24) is 10.0 Å². The molecular formula is C23H26N2O5S2. The Balaban J connectivity index is 1.48. The molecule has 0 saturated carbocycles. The molecule has 9 heteroatoms. The molecule has 7 nitrogen and oxygen atoms in total. The number of hydrogen-bond donors (Lipinski definition) is 2. The molecule has 2 heterocycles. The summed E-state index contributed by atoms with van der Waals surface area (Å²) < 4.78 is 41.0. The van der Waals surface area contributed by atoms with Crippen LogP contribution in [0.4, 0.5) is 0 Å². The minimum absolute atomic E-state index is 0.0315. The van der Waals surface area contributed by atoms with E-state index in [0.29, 0.717) is 31.3 Å². The van der Waals surface area contributed by atoms with Crippen molar-refractivity contribution in [2.75, 3.05) is 13.2 Å². The number of ether oxygens (including phenoxy) is 2. The summed E-state index contributed by atoms with van der Waals surface area (Å²) >= 11 is 1.62. The van der Waals surface area contributed by atoms with Crippen molar-refractivity contribution < 1.29 is 22.7 Å². The summed E-state index contributed by atoms with van der Waals surface area (Å²) in [5.41, 5.74) is 1.01. The van der Waals surface area contributed by atoms with E-state index < -0.39 is 16.1 Å². The van der Waals surface area contributed by atoms with Crippen molar-refractivity contribution in [3.05, 3.63) is 53.4 Å². The summed E-state index contributed by atoms with van der Waals surface area (Å²) in [6.07, 6.45) is 0.726. The summed E-state index contributed by atoms with van der Waals surface area (Å²) in [4.78, 5) is 13.0. The van der Waals surface area contributed by atoms with Crippen LogP contribution in [-0.2, 0) is 21.4 Å². The Morgan fingerprint density at radius 2 is 1.84 bits per heavy atom. The molecule has 0 saturated heterocycles. The Hall–Kier alpha value is -2.62. The number of nitrogens with one attached hydrogen (secondary N) is 2. The van der Waals surface area contributed by atoms with Crippen LogP contribution in [0.1, 0.15) is 25.8 Å². The highest BCUT2D eigenvalue weighted by Crippen LogP contribution is 2.32. The number of rotatable bonds is 7. The van der Waals surface area contributed by atoms with Crippen LogP contribution in [0.25, 0.3) is 10.1 Å². The van der Waals surface area contributed by atoms with E-state index in [4.69, 9.17) is 9.47 Å². The van der Waals surface area contributed by atoms with E-state index in [0.717, 1.165) is 22.1 Å². The van der Waals surface area contributed by atoms with Crippen molar-refractivity contribution in [1.29, 1.82) is 0 Å². The number of carbonyl (C=O) groups excluding carboxylic acids is 1. The summed E-state index contributed by atoms with van der Waals surface area (Å²) in [5, 5.41) is 5.99. The van der Waals surface area contributed by atoms with Crippen LogP contribution in [-0.4, -0.2) is 33.6 Å². The van der Waals surface area contributed by atoms with Gasteiger partial charge < -0.3 is 14.8 Å². The maximum atomic E-state index is 13.0. The highest BCUT2D eigenvalue weighted by atomic mass is 32.2. The van der Waals surface area contributed by atoms with E-state index >= 15 is 0 Å². The Labute approximate surface area is 191 Å². The monoisotopic (exact) mass is 474 g/mol. The molecule has 1 atom stereocenters. The molecule has 3 aromatic rings. The molecule has 0 radical (unpaired) electrons. The van der Waals surface area contributed by atoms with Gasteiger partial charge in [0.05, 0.1) is 18.1 Å². The van der Waals surface area contributed by atoms with Crippen molar-refractivity contribution >= 4 is 37.4 Å². The number of benzene rings is 2. The normalized spacial score (nSPS) is 14.8. The molecule has 1 unspecified atom stereocenters. The van der Waals surface area contributed by atoms with Crippen LogP contribution in [0, 0.1) is 5.92 Å².